The first-order chi connectivity index (χ1) is 14.7. The van der Waals surface area contributed by atoms with E-state index in [0.29, 0.717) is 11.1 Å². The first-order valence-corrected chi connectivity index (χ1v) is 9.60. The first kappa shape index (κ1) is 19.3. The SMILES string of the molecule is O=C(/C=C/c1ccccc1)NCc1nn(Cc2ccccn2)c(=O)c2ccccc12. The summed E-state index contributed by atoms with van der Waals surface area (Å²) in [6.45, 7) is 0.473. The Morgan fingerprint density at radius 1 is 0.933 bits per heavy atom. The molecule has 0 saturated carbocycles. The Morgan fingerprint density at radius 2 is 1.67 bits per heavy atom. The van der Waals surface area contributed by atoms with Gasteiger partial charge in [-0.25, -0.2) is 4.68 Å². The van der Waals surface area contributed by atoms with Gasteiger partial charge in [0.05, 0.1) is 29.9 Å². The molecule has 148 valence electrons. The van der Waals surface area contributed by atoms with Gasteiger partial charge < -0.3 is 5.32 Å². The summed E-state index contributed by atoms with van der Waals surface area (Å²) in [4.78, 5) is 29.4. The number of aromatic nitrogens is 3. The van der Waals surface area contributed by atoms with Gasteiger partial charge in [0.1, 0.15) is 0 Å². The summed E-state index contributed by atoms with van der Waals surface area (Å²) in [7, 11) is 0. The van der Waals surface area contributed by atoms with E-state index in [2.05, 4.69) is 15.4 Å². The van der Waals surface area contributed by atoms with Crippen LogP contribution in [-0.4, -0.2) is 20.7 Å². The van der Waals surface area contributed by atoms with Crippen molar-refractivity contribution in [3.05, 3.63) is 112 Å². The third-order valence-corrected chi connectivity index (χ3v) is 4.64. The highest BCUT2D eigenvalue weighted by Gasteiger charge is 2.11. The van der Waals surface area contributed by atoms with Crippen molar-refractivity contribution in [3.8, 4) is 0 Å². The number of hydrogen-bond donors (Lipinski definition) is 1. The summed E-state index contributed by atoms with van der Waals surface area (Å²) in [5.74, 6) is -0.229. The zero-order chi connectivity index (χ0) is 20.8. The van der Waals surface area contributed by atoms with E-state index < -0.39 is 0 Å². The van der Waals surface area contributed by atoms with Gasteiger partial charge in [-0.3, -0.25) is 14.6 Å². The second-order valence-corrected chi connectivity index (χ2v) is 6.74. The summed E-state index contributed by atoms with van der Waals surface area (Å²) >= 11 is 0. The summed E-state index contributed by atoms with van der Waals surface area (Å²) in [5, 5.41) is 8.66. The Morgan fingerprint density at radius 3 is 2.43 bits per heavy atom. The fraction of sp³-hybridized carbons (Fsp3) is 0.0833. The maximum atomic E-state index is 12.9. The van der Waals surface area contributed by atoms with Gasteiger partial charge in [-0.2, -0.15) is 5.10 Å². The Bertz CT molecular complexity index is 1250. The van der Waals surface area contributed by atoms with E-state index in [1.165, 1.54) is 10.8 Å². The average molecular weight is 396 g/mol. The standard InChI is InChI=1S/C24H20N4O2/c29-23(14-13-18-8-2-1-3-9-18)26-16-22-20-11-4-5-12-21(20)24(30)28(27-22)17-19-10-6-7-15-25-19/h1-15H,16-17H2,(H,26,29)/b14-13+. The summed E-state index contributed by atoms with van der Waals surface area (Å²) < 4.78 is 1.39. The number of amides is 1. The van der Waals surface area contributed by atoms with Crippen LogP contribution in [0, 0.1) is 0 Å². The molecule has 0 aliphatic rings. The van der Waals surface area contributed by atoms with Crippen molar-refractivity contribution in [2.45, 2.75) is 13.1 Å². The molecule has 2 aromatic heterocycles. The lowest BCUT2D eigenvalue weighted by Gasteiger charge is -2.11. The van der Waals surface area contributed by atoms with Crippen LogP contribution >= 0.6 is 0 Å². The van der Waals surface area contributed by atoms with Gasteiger partial charge in [0, 0.05) is 17.7 Å². The van der Waals surface area contributed by atoms with E-state index >= 15 is 0 Å². The number of benzene rings is 2. The molecule has 0 fully saturated rings. The monoisotopic (exact) mass is 396 g/mol. The fourth-order valence-corrected chi connectivity index (χ4v) is 3.15. The van der Waals surface area contributed by atoms with Crippen LogP contribution in [0.1, 0.15) is 17.0 Å². The van der Waals surface area contributed by atoms with Crippen molar-refractivity contribution in [3.63, 3.8) is 0 Å². The number of carbonyl (C=O) groups is 1. The highest BCUT2D eigenvalue weighted by Crippen LogP contribution is 2.13. The van der Waals surface area contributed by atoms with Gasteiger partial charge in [-0.15, -0.1) is 0 Å². The molecule has 6 nitrogen and oxygen atoms in total. The number of fused-ring (bicyclic) bond motifs is 1. The van der Waals surface area contributed by atoms with Crippen LogP contribution in [0.2, 0.25) is 0 Å². The van der Waals surface area contributed by atoms with Crippen molar-refractivity contribution in [2.75, 3.05) is 0 Å². The Hall–Kier alpha value is -4.06. The average Bonchev–Trinajstić information content (AvgIpc) is 2.80. The molecule has 2 aromatic carbocycles. The lowest BCUT2D eigenvalue weighted by atomic mass is 10.1. The quantitative estimate of drug-likeness (QED) is 0.508. The van der Waals surface area contributed by atoms with E-state index in [1.54, 1.807) is 18.3 Å². The molecular formula is C24H20N4O2. The maximum Gasteiger partial charge on any atom is 0.275 e. The van der Waals surface area contributed by atoms with E-state index in [0.717, 1.165) is 16.6 Å². The first-order valence-electron chi connectivity index (χ1n) is 9.60. The minimum atomic E-state index is -0.229. The van der Waals surface area contributed by atoms with Crippen molar-refractivity contribution in [2.24, 2.45) is 0 Å². The lowest BCUT2D eigenvalue weighted by molar-refractivity contribution is -0.116. The Balaban J connectivity index is 1.58. The van der Waals surface area contributed by atoms with Crippen LogP contribution in [-0.2, 0) is 17.9 Å². The molecule has 2 heterocycles. The molecule has 0 spiro atoms. The number of nitrogens with zero attached hydrogens (tertiary/aromatic N) is 3. The van der Waals surface area contributed by atoms with Crippen LogP contribution in [0.3, 0.4) is 0 Å². The Kier molecular flexibility index (Phi) is 5.75. The molecule has 0 atom stereocenters. The molecule has 4 rings (SSSR count). The number of hydrogen-bond acceptors (Lipinski definition) is 4. The zero-order valence-electron chi connectivity index (χ0n) is 16.2. The minimum Gasteiger partial charge on any atom is -0.347 e. The van der Waals surface area contributed by atoms with Crippen LogP contribution in [0.25, 0.3) is 16.8 Å². The molecule has 0 unspecified atom stereocenters. The highest BCUT2D eigenvalue weighted by molar-refractivity contribution is 5.92. The van der Waals surface area contributed by atoms with Crippen molar-refractivity contribution < 1.29 is 4.79 Å². The summed E-state index contributed by atoms with van der Waals surface area (Å²) in [6, 6.07) is 22.4. The number of nitrogens with one attached hydrogen (secondary N) is 1. The van der Waals surface area contributed by atoms with Crippen LogP contribution in [0.5, 0.6) is 0 Å². The van der Waals surface area contributed by atoms with E-state index in [4.69, 9.17) is 0 Å². The van der Waals surface area contributed by atoms with Crippen LogP contribution in [0.15, 0.2) is 89.9 Å². The molecule has 0 radical (unpaired) electrons. The molecule has 30 heavy (non-hydrogen) atoms. The number of rotatable bonds is 6. The minimum absolute atomic E-state index is 0.185. The van der Waals surface area contributed by atoms with Crippen LogP contribution in [0.4, 0.5) is 0 Å². The third-order valence-electron chi connectivity index (χ3n) is 4.64. The second-order valence-electron chi connectivity index (χ2n) is 6.74. The van der Waals surface area contributed by atoms with E-state index in [-0.39, 0.29) is 24.6 Å². The smallest absolute Gasteiger partial charge is 0.275 e. The predicted octanol–water partition coefficient (Wildman–Crippen LogP) is 3.17. The van der Waals surface area contributed by atoms with E-state index in [9.17, 15) is 9.59 Å². The van der Waals surface area contributed by atoms with Crippen molar-refractivity contribution in [1.82, 2.24) is 20.1 Å². The molecule has 0 aliphatic heterocycles. The van der Waals surface area contributed by atoms with Crippen molar-refractivity contribution in [1.29, 1.82) is 0 Å². The topological polar surface area (TPSA) is 76.9 Å². The Labute approximate surface area is 173 Å². The van der Waals surface area contributed by atoms with Gasteiger partial charge in [0.15, 0.2) is 0 Å². The maximum absolute atomic E-state index is 12.9. The van der Waals surface area contributed by atoms with Gasteiger partial charge in [-0.1, -0.05) is 54.6 Å². The molecule has 1 N–H and O–H groups in total. The van der Waals surface area contributed by atoms with Crippen molar-refractivity contribution >= 4 is 22.8 Å². The molecule has 4 aromatic rings. The van der Waals surface area contributed by atoms with Gasteiger partial charge in [0.2, 0.25) is 5.91 Å². The van der Waals surface area contributed by atoms with E-state index in [1.807, 2.05) is 66.7 Å². The molecule has 1 amide bonds. The second kappa shape index (κ2) is 8.96. The number of pyridine rings is 1. The predicted molar refractivity (Wildman–Crippen MR) is 117 cm³/mol. The summed E-state index contributed by atoms with van der Waals surface area (Å²) in [5.41, 5.74) is 2.13. The highest BCUT2D eigenvalue weighted by atomic mass is 16.1. The molecular weight excluding hydrogens is 376 g/mol. The fourth-order valence-electron chi connectivity index (χ4n) is 3.15. The third kappa shape index (κ3) is 4.50. The van der Waals surface area contributed by atoms with Gasteiger partial charge >= 0.3 is 0 Å². The van der Waals surface area contributed by atoms with Gasteiger partial charge in [-0.05, 0) is 29.8 Å². The molecule has 0 aliphatic carbocycles. The summed E-state index contributed by atoms with van der Waals surface area (Å²) in [6.07, 6.45) is 4.92. The van der Waals surface area contributed by atoms with Gasteiger partial charge in [0.25, 0.3) is 5.56 Å². The number of carbonyl (C=O) groups excluding carboxylic acids is 1. The normalized spacial score (nSPS) is 11.1. The molecule has 6 heteroatoms. The largest absolute Gasteiger partial charge is 0.347 e. The molecule has 0 bridgehead atoms. The lowest BCUT2D eigenvalue weighted by Crippen LogP contribution is -2.28. The molecule has 0 saturated heterocycles. The zero-order valence-corrected chi connectivity index (χ0v) is 16.2. The van der Waals surface area contributed by atoms with Crippen LogP contribution < -0.4 is 10.9 Å².